The predicted octanol–water partition coefficient (Wildman–Crippen LogP) is 3.94. The summed E-state index contributed by atoms with van der Waals surface area (Å²) < 4.78 is 5.71. The number of hydrogen-bond acceptors (Lipinski definition) is 3. The molecule has 0 saturated heterocycles. The molecule has 3 nitrogen and oxygen atoms in total. The van der Waals surface area contributed by atoms with Crippen molar-refractivity contribution in [3.8, 4) is 11.3 Å². The molecule has 1 aromatic heterocycles. The number of rotatable bonds is 5. The highest BCUT2D eigenvalue weighted by Gasteiger charge is 2.20. The Bertz CT molecular complexity index is 579. The van der Waals surface area contributed by atoms with Gasteiger partial charge in [0.25, 0.3) is 0 Å². The number of oxazole rings is 1. The monoisotopic (exact) mass is 296 g/mol. The lowest BCUT2D eigenvalue weighted by Crippen LogP contribution is -2.19. The normalized spacial score (nSPS) is 14.8. The first-order chi connectivity index (χ1) is 9.24. The quantitative estimate of drug-likeness (QED) is 0.908. The van der Waals surface area contributed by atoms with Crippen LogP contribution in [0.1, 0.15) is 18.7 Å². The Hall–Kier alpha value is -1.03. The fourth-order valence-corrected chi connectivity index (χ4v) is 2.31. The summed E-state index contributed by atoms with van der Waals surface area (Å²) in [6.45, 7) is 0.897. The van der Waals surface area contributed by atoms with E-state index in [1.165, 1.54) is 12.8 Å². The Balaban J connectivity index is 1.70. The number of aromatic nitrogens is 1. The van der Waals surface area contributed by atoms with Gasteiger partial charge in [0.2, 0.25) is 0 Å². The van der Waals surface area contributed by atoms with E-state index in [0.29, 0.717) is 21.8 Å². The molecule has 1 aliphatic rings. The molecule has 0 unspecified atom stereocenters. The van der Waals surface area contributed by atoms with Crippen molar-refractivity contribution in [3.63, 3.8) is 0 Å². The van der Waals surface area contributed by atoms with Crippen molar-refractivity contribution < 1.29 is 4.42 Å². The van der Waals surface area contributed by atoms with Crippen molar-refractivity contribution in [2.75, 3.05) is 6.54 Å². The van der Waals surface area contributed by atoms with Gasteiger partial charge < -0.3 is 9.73 Å². The number of nitrogens with zero attached hydrogens (tertiary/aromatic N) is 1. The largest absolute Gasteiger partial charge is 0.441 e. The zero-order valence-corrected chi connectivity index (χ0v) is 11.8. The second kappa shape index (κ2) is 5.53. The van der Waals surface area contributed by atoms with Crippen LogP contribution < -0.4 is 5.32 Å². The highest BCUT2D eigenvalue weighted by atomic mass is 35.5. The smallest absolute Gasteiger partial charge is 0.196 e. The molecule has 1 heterocycles. The van der Waals surface area contributed by atoms with Gasteiger partial charge in [0.15, 0.2) is 11.7 Å². The molecule has 19 heavy (non-hydrogen) atoms. The molecule has 2 aromatic rings. The van der Waals surface area contributed by atoms with Gasteiger partial charge in [-0.2, -0.15) is 0 Å². The third kappa shape index (κ3) is 3.11. The van der Waals surface area contributed by atoms with E-state index < -0.39 is 0 Å². The summed E-state index contributed by atoms with van der Waals surface area (Å²) in [6.07, 6.45) is 5.06. The van der Waals surface area contributed by atoms with Crippen LogP contribution in [0.5, 0.6) is 0 Å². The minimum absolute atomic E-state index is 0.503. The van der Waals surface area contributed by atoms with Crippen molar-refractivity contribution in [3.05, 3.63) is 40.3 Å². The Labute approximate surface area is 121 Å². The van der Waals surface area contributed by atoms with E-state index in [2.05, 4.69) is 10.3 Å². The van der Waals surface area contributed by atoms with Crippen LogP contribution in [0, 0.1) is 0 Å². The number of nitrogens with one attached hydrogen (secondary N) is 1. The number of halogens is 2. The van der Waals surface area contributed by atoms with Crippen LogP contribution in [-0.4, -0.2) is 17.6 Å². The van der Waals surface area contributed by atoms with Crippen molar-refractivity contribution in [1.82, 2.24) is 10.3 Å². The van der Waals surface area contributed by atoms with Crippen LogP contribution in [0.25, 0.3) is 11.3 Å². The molecule has 1 aromatic carbocycles. The molecule has 0 atom stereocenters. The van der Waals surface area contributed by atoms with Gasteiger partial charge in [-0.15, -0.1) is 0 Å². The van der Waals surface area contributed by atoms with E-state index in [1.807, 2.05) is 12.1 Å². The maximum atomic E-state index is 6.16. The second-order valence-corrected chi connectivity index (χ2v) is 5.48. The molecule has 1 N–H and O–H groups in total. The fraction of sp³-hybridized carbons (Fsp3) is 0.357. The van der Waals surface area contributed by atoms with Gasteiger partial charge in [0.05, 0.1) is 16.2 Å². The molecular formula is C14H14Cl2N2O. The lowest BCUT2D eigenvalue weighted by Gasteiger charge is -2.02. The molecule has 5 heteroatoms. The molecule has 0 spiro atoms. The lowest BCUT2D eigenvalue weighted by molar-refractivity contribution is 0.494. The summed E-state index contributed by atoms with van der Waals surface area (Å²) in [7, 11) is 0. The van der Waals surface area contributed by atoms with Crippen LogP contribution in [0.3, 0.4) is 0 Å². The molecule has 100 valence electrons. The first kappa shape index (κ1) is 13.0. The SMILES string of the molecule is Clc1cccc(-c2cnc(CCNC3CC3)o2)c1Cl. The maximum absolute atomic E-state index is 6.16. The van der Waals surface area contributed by atoms with Crippen LogP contribution in [-0.2, 0) is 6.42 Å². The zero-order valence-electron chi connectivity index (χ0n) is 10.3. The average molecular weight is 297 g/mol. The second-order valence-electron chi connectivity index (χ2n) is 4.70. The highest BCUT2D eigenvalue weighted by Crippen LogP contribution is 2.33. The van der Waals surface area contributed by atoms with E-state index in [-0.39, 0.29) is 0 Å². The Morgan fingerprint density at radius 2 is 2.16 bits per heavy atom. The molecule has 1 saturated carbocycles. The zero-order chi connectivity index (χ0) is 13.2. The molecular weight excluding hydrogens is 283 g/mol. The standard InChI is InChI=1S/C14H14Cl2N2O/c15-11-3-1-2-10(14(11)16)12-8-18-13(19-12)6-7-17-9-4-5-9/h1-3,8-9,17H,4-7H2. The summed E-state index contributed by atoms with van der Waals surface area (Å²) in [5, 5.41) is 4.45. The third-order valence-corrected chi connectivity index (χ3v) is 3.94. The Kier molecular flexibility index (Phi) is 3.78. The Morgan fingerprint density at radius 1 is 1.32 bits per heavy atom. The summed E-state index contributed by atoms with van der Waals surface area (Å²) in [5.74, 6) is 1.38. The van der Waals surface area contributed by atoms with Crippen molar-refractivity contribution in [2.24, 2.45) is 0 Å². The van der Waals surface area contributed by atoms with Gasteiger partial charge in [0.1, 0.15) is 0 Å². The minimum atomic E-state index is 0.503. The van der Waals surface area contributed by atoms with Crippen LogP contribution in [0.4, 0.5) is 0 Å². The van der Waals surface area contributed by atoms with Gasteiger partial charge in [-0.05, 0) is 25.0 Å². The van der Waals surface area contributed by atoms with Gasteiger partial charge in [-0.25, -0.2) is 4.98 Å². The molecule has 0 bridgehead atoms. The highest BCUT2D eigenvalue weighted by molar-refractivity contribution is 6.43. The van der Waals surface area contributed by atoms with Crippen molar-refractivity contribution in [1.29, 1.82) is 0 Å². The molecule has 1 aliphatic carbocycles. The van der Waals surface area contributed by atoms with Gasteiger partial charge in [0, 0.05) is 24.6 Å². The summed E-state index contributed by atoms with van der Waals surface area (Å²) in [6, 6.07) is 6.18. The maximum Gasteiger partial charge on any atom is 0.196 e. The van der Waals surface area contributed by atoms with E-state index in [9.17, 15) is 0 Å². The van der Waals surface area contributed by atoms with Crippen molar-refractivity contribution in [2.45, 2.75) is 25.3 Å². The first-order valence-electron chi connectivity index (χ1n) is 6.36. The average Bonchev–Trinajstić information content (AvgIpc) is 3.10. The Morgan fingerprint density at radius 3 is 2.95 bits per heavy atom. The van der Waals surface area contributed by atoms with Gasteiger partial charge in [-0.1, -0.05) is 29.3 Å². The predicted molar refractivity (Wildman–Crippen MR) is 76.7 cm³/mol. The third-order valence-electron chi connectivity index (χ3n) is 3.12. The summed E-state index contributed by atoms with van der Waals surface area (Å²) >= 11 is 12.2. The molecule has 0 amide bonds. The van der Waals surface area contributed by atoms with Crippen LogP contribution in [0.15, 0.2) is 28.8 Å². The van der Waals surface area contributed by atoms with E-state index in [1.54, 1.807) is 12.3 Å². The van der Waals surface area contributed by atoms with E-state index in [0.717, 1.165) is 24.4 Å². The number of benzene rings is 1. The van der Waals surface area contributed by atoms with E-state index >= 15 is 0 Å². The minimum Gasteiger partial charge on any atom is -0.441 e. The van der Waals surface area contributed by atoms with Crippen LogP contribution in [0.2, 0.25) is 10.0 Å². The lowest BCUT2D eigenvalue weighted by atomic mass is 10.2. The van der Waals surface area contributed by atoms with Gasteiger partial charge >= 0.3 is 0 Å². The molecule has 0 aliphatic heterocycles. The first-order valence-corrected chi connectivity index (χ1v) is 7.12. The molecule has 1 fully saturated rings. The molecule has 0 radical (unpaired) electrons. The van der Waals surface area contributed by atoms with Gasteiger partial charge in [-0.3, -0.25) is 0 Å². The summed E-state index contributed by atoms with van der Waals surface area (Å²) in [4.78, 5) is 4.27. The fourth-order valence-electron chi connectivity index (χ4n) is 1.92. The van der Waals surface area contributed by atoms with Crippen molar-refractivity contribution >= 4 is 23.2 Å². The van der Waals surface area contributed by atoms with E-state index in [4.69, 9.17) is 27.6 Å². The van der Waals surface area contributed by atoms with Crippen LogP contribution >= 0.6 is 23.2 Å². The number of hydrogen-bond donors (Lipinski definition) is 1. The summed E-state index contributed by atoms with van der Waals surface area (Å²) in [5.41, 5.74) is 0.781. The topological polar surface area (TPSA) is 38.1 Å². The molecule has 3 rings (SSSR count).